The van der Waals surface area contributed by atoms with Crippen molar-refractivity contribution >= 4 is 11.8 Å². The molecule has 0 fully saturated rings. The molecule has 0 bridgehead atoms. The van der Waals surface area contributed by atoms with Crippen LogP contribution in [0.15, 0.2) is 70.2 Å². The molecule has 2 amide bonds. The second kappa shape index (κ2) is 8.90. The lowest BCUT2D eigenvalue weighted by Crippen LogP contribution is -2.26. The molecule has 1 N–H and O–H groups in total. The Kier molecular flexibility index (Phi) is 5.89. The van der Waals surface area contributed by atoms with Crippen molar-refractivity contribution in [2.75, 3.05) is 6.54 Å². The van der Waals surface area contributed by atoms with Crippen LogP contribution < -0.4 is 5.32 Å². The lowest BCUT2D eigenvalue weighted by Gasteiger charge is -2.25. The predicted octanol–water partition coefficient (Wildman–Crippen LogP) is 3.83. The fourth-order valence-corrected chi connectivity index (χ4v) is 3.99. The number of carbonyl (C=O) groups is 2. The summed E-state index contributed by atoms with van der Waals surface area (Å²) in [6.07, 6.45) is 8.80. The number of carbonyl (C=O) groups excluding carboxylic acids is 2. The van der Waals surface area contributed by atoms with E-state index >= 15 is 0 Å². The van der Waals surface area contributed by atoms with E-state index in [9.17, 15) is 9.59 Å². The van der Waals surface area contributed by atoms with Gasteiger partial charge in [-0.15, -0.1) is 5.11 Å². The van der Waals surface area contributed by atoms with E-state index in [2.05, 4.69) is 20.5 Å². The van der Waals surface area contributed by atoms with Gasteiger partial charge in [0, 0.05) is 36.5 Å². The van der Waals surface area contributed by atoms with Crippen molar-refractivity contribution < 1.29 is 9.59 Å². The lowest BCUT2D eigenvalue weighted by molar-refractivity contribution is -0.115. The van der Waals surface area contributed by atoms with Gasteiger partial charge in [-0.05, 0) is 73.1 Å². The predicted molar refractivity (Wildman–Crippen MR) is 110 cm³/mol. The Hall–Kier alpha value is -3.15. The molecule has 1 aliphatic carbocycles. The number of azo groups is 1. The molecule has 2 heterocycles. The molecule has 2 aliphatic rings. The van der Waals surface area contributed by atoms with Crippen LogP contribution in [0.2, 0.25) is 0 Å². The average molecular weight is 388 g/mol. The summed E-state index contributed by atoms with van der Waals surface area (Å²) in [7, 11) is 0. The topological polar surface area (TPSA) is 83.8 Å². The SMILES string of the molecule is O=C1N=NC(Cc2cccc(C(=O)NCCc3ccncc3)c2)C2=C1CCCC2. The first-order valence-electron chi connectivity index (χ1n) is 10.1. The third kappa shape index (κ3) is 4.65. The van der Waals surface area contributed by atoms with Crippen molar-refractivity contribution in [3.8, 4) is 0 Å². The molecule has 1 atom stereocenters. The molecule has 6 nitrogen and oxygen atoms in total. The quantitative estimate of drug-likeness (QED) is 0.816. The second-order valence-electron chi connectivity index (χ2n) is 7.51. The van der Waals surface area contributed by atoms with Crippen molar-refractivity contribution in [3.63, 3.8) is 0 Å². The van der Waals surface area contributed by atoms with Gasteiger partial charge in [-0.1, -0.05) is 12.1 Å². The van der Waals surface area contributed by atoms with Gasteiger partial charge in [0.1, 0.15) is 0 Å². The van der Waals surface area contributed by atoms with Crippen molar-refractivity contribution in [2.24, 2.45) is 10.2 Å². The maximum absolute atomic E-state index is 12.5. The van der Waals surface area contributed by atoms with Crippen LogP contribution in [-0.2, 0) is 17.6 Å². The summed E-state index contributed by atoms with van der Waals surface area (Å²) in [4.78, 5) is 28.5. The van der Waals surface area contributed by atoms with Gasteiger partial charge in [0.2, 0.25) is 0 Å². The van der Waals surface area contributed by atoms with Crippen LogP contribution >= 0.6 is 0 Å². The molecule has 1 aromatic heterocycles. The highest BCUT2D eigenvalue weighted by Crippen LogP contribution is 2.33. The van der Waals surface area contributed by atoms with Gasteiger partial charge >= 0.3 is 0 Å². The highest BCUT2D eigenvalue weighted by Gasteiger charge is 2.28. The zero-order valence-corrected chi connectivity index (χ0v) is 16.3. The minimum Gasteiger partial charge on any atom is -0.352 e. The number of nitrogens with zero attached hydrogens (tertiary/aromatic N) is 3. The monoisotopic (exact) mass is 388 g/mol. The largest absolute Gasteiger partial charge is 0.352 e. The Morgan fingerprint density at radius 3 is 2.76 bits per heavy atom. The summed E-state index contributed by atoms with van der Waals surface area (Å²) < 4.78 is 0. The van der Waals surface area contributed by atoms with Gasteiger partial charge in [-0.3, -0.25) is 14.6 Å². The molecule has 6 heteroatoms. The molecule has 0 saturated carbocycles. The fraction of sp³-hybridized carbons (Fsp3) is 0.348. The number of amides is 2. The van der Waals surface area contributed by atoms with E-state index in [-0.39, 0.29) is 17.9 Å². The summed E-state index contributed by atoms with van der Waals surface area (Å²) in [5.74, 6) is -0.253. The first-order chi connectivity index (χ1) is 14.2. The molecule has 0 radical (unpaired) electrons. The molecular weight excluding hydrogens is 364 g/mol. The van der Waals surface area contributed by atoms with E-state index in [1.807, 2.05) is 36.4 Å². The van der Waals surface area contributed by atoms with Gasteiger partial charge in [0.05, 0.1) is 6.04 Å². The van der Waals surface area contributed by atoms with Crippen molar-refractivity contribution in [2.45, 2.75) is 44.6 Å². The van der Waals surface area contributed by atoms with Crippen LogP contribution in [-0.4, -0.2) is 29.4 Å². The molecule has 29 heavy (non-hydrogen) atoms. The van der Waals surface area contributed by atoms with Crippen LogP contribution in [0.4, 0.5) is 0 Å². The third-order valence-corrected chi connectivity index (χ3v) is 5.53. The Morgan fingerprint density at radius 2 is 1.90 bits per heavy atom. The first-order valence-corrected chi connectivity index (χ1v) is 10.1. The number of benzene rings is 1. The Bertz CT molecular complexity index is 966. The fourth-order valence-electron chi connectivity index (χ4n) is 3.99. The van der Waals surface area contributed by atoms with E-state index in [4.69, 9.17) is 0 Å². The van der Waals surface area contributed by atoms with Crippen molar-refractivity contribution in [3.05, 3.63) is 76.6 Å². The van der Waals surface area contributed by atoms with E-state index in [0.717, 1.165) is 54.4 Å². The summed E-state index contributed by atoms with van der Waals surface area (Å²) in [6.45, 7) is 0.572. The Balaban J connectivity index is 1.39. The van der Waals surface area contributed by atoms with E-state index in [0.29, 0.717) is 18.5 Å². The van der Waals surface area contributed by atoms with Crippen molar-refractivity contribution in [1.82, 2.24) is 10.3 Å². The molecule has 0 spiro atoms. The highest BCUT2D eigenvalue weighted by molar-refractivity contribution is 5.96. The van der Waals surface area contributed by atoms with Gasteiger partial charge in [-0.2, -0.15) is 5.11 Å². The molecule has 4 rings (SSSR count). The first kappa shape index (κ1) is 19.2. The lowest BCUT2D eigenvalue weighted by atomic mass is 9.84. The van der Waals surface area contributed by atoms with Gasteiger partial charge in [-0.25, -0.2) is 0 Å². The standard InChI is InChI=1S/C23H24N4O2/c28-22(25-13-10-16-8-11-24-12-9-16)18-5-3-4-17(14-18)15-21-19-6-1-2-7-20(19)23(29)27-26-21/h3-5,8-9,11-12,14,21H,1-2,6-7,10,13,15H2,(H,25,28). The minimum atomic E-state index is -0.168. The number of pyridine rings is 1. The number of aromatic nitrogens is 1. The van der Waals surface area contributed by atoms with Crippen LogP contribution in [0.1, 0.15) is 47.2 Å². The zero-order chi connectivity index (χ0) is 20.1. The maximum atomic E-state index is 12.5. The maximum Gasteiger partial charge on any atom is 0.291 e. The normalized spacial score (nSPS) is 18.5. The highest BCUT2D eigenvalue weighted by atomic mass is 16.2. The molecule has 2 aromatic rings. The number of nitrogens with one attached hydrogen (secondary N) is 1. The molecule has 148 valence electrons. The Morgan fingerprint density at radius 1 is 1.07 bits per heavy atom. The third-order valence-electron chi connectivity index (χ3n) is 5.53. The molecule has 1 aliphatic heterocycles. The average Bonchev–Trinajstić information content (AvgIpc) is 2.77. The van der Waals surface area contributed by atoms with Crippen LogP contribution in [0.5, 0.6) is 0 Å². The summed E-state index contributed by atoms with van der Waals surface area (Å²) >= 11 is 0. The molecule has 1 aromatic carbocycles. The molecule has 0 saturated heterocycles. The second-order valence-corrected chi connectivity index (χ2v) is 7.51. The zero-order valence-electron chi connectivity index (χ0n) is 16.3. The summed E-state index contributed by atoms with van der Waals surface area (Å²) in [5.41, 5.74) is 4.81. The van der Waals surface area contributed by atoms with Gasteiger partial charge in [0.15, 0.2) is 0 Å². The van der Waals surface area contributed by atoms with E-state index in [1.165, 1.54) is 0 Å². The smallest absolute Gasteiger partial charge is 0.291 e. The van der Waals surface area contributed by atoms with Crippen LogP contribution in [0, 0.1) is 0 Å². The summed E-state index contributed by atoms with van der Waals surface area (Å²) in [5, 5.41) is 11.1. The van der Waals surface area contributed by atoms with Gasteiger partial charge < -0.3 is 5.32 Å². The van der Waals surface area contributed by atoms with Gasteiger partial charge in [0.25, 0.3) is 11.8 Å². The number of rotatable bonds is 6. The number of hydrogen-bond acceptors (Lipinski definition) is 4. The van der Waals surface area contributed by atoms with E-state index < -0.39 is 0 Å². The minimum absolute atomic E-state index is 0.0843. The summed E-state index contributed by atoms with van der Waals surface area (Å²) in [6, 6.07) is 11.4. The van der Waals surface area contributed by atoms with Crippen molar-refractivity contribution in [1.29, 1.82) is 0 Å². The number of hydrogen-bond donors (Lipinski definition) is 1. The Labute approximate surface area is 170 Å². The van der Waals surface area contributed by atoms with E-state index in [1.54, 1.807) is 12.4 Å². The molecular formula is C23H24N4O2. The van der Waals surface area contributed by atoms with Crippen LogP contribution in [0.25, 0.3) is 0 Å². The molecule has 1 unspecified atom stereocenters. The van der Waals surface area contributed by atoms with Crippen LogP contribution in [0.3, 0.4) is 0 Å².